The molecule has 0 bridgehead atoms. The first-order chi connectivity index (χ1) is 7.63. The molecule has 1 saturated carbocycles. The van der Waals surface area contributed by atoms with Crippen molar-refractivity contribution in [1.82, 2.24) is 20.4 Å². The highest BCUT2D eigenvalue weighted by atomic mass is 35.5. The zero-order valence-corrected chi connectivity index (χ0v) is 10.5. The maximum Gasteiger partial charge on any atom is 0.234 e. The molecule has 0 aliphatic heterocycles. The maximum atomic E-state index is 11.5. The highest BCUT2D eigenvalue weighted by Crippen LogP contribution is 2.18. The number of nitrogens with zero attached hydrogens (tertiary/aromatic N) is 3. The van der Waals surface area contributed by atoms with Crippen LogP contribution in [0.5, 0.6) is 0 Å². The van der Waals surface area contributed by atoms with E-state index in [0.29, 0.717) is 23.6 Å². The predicted molar refractivity (Wildman–Crippen MR) is 62.4 cm³/mol. The standard InChI is InChI=1S/C9H13ClN4OS/c1-14(4-7(15)11-6-2-3-6)5-8-12-13-9(10)16-8/h6H,2-5H2,1H3,(H,11,15). The fourth-order valence-corrected chi connectivity index (χ4v) is 2.28. The van der Waals surface area contributed by atoms with Crippen molar-refractivity contribution in [3.63, 3.8) is 0 Å². The molecule has 0 aromatic carbocycles. The summed E-state index contributed by atoms with van der Waals surface area (Å²) in [7, 11) is 1.88. The third-order valence-electron chi connectivity index (χ3n) is 2.20. The molecule has 0 spiro atoms. The molecular weight excluding hydrogens is 248 g/mol. The minimum atomic E-state index is 0.0700. The number of aromatic nitrogens is 2. The van der Waals surface area contributed by atoms with Gasteiger partial charge in [0.1, 0.15) is 5.01 Å². The lowest BCUT2D eigenvalue weighted by Gasteiger charge is -2.13. The van der Waals surface area contributed by atoms with Crippen LogP contribution >= 0.6 is 22.9 Å². The second kappa shape index (κ2) is 5.07. The molecule has 1 heterocycles. The monoisotopic (exact) mass is 260 g/mol. The summed E-state index contributed by atoms with van der Waals surface area (Å²) in [5.74, 6) is 0.0700. The van der Waals surface area contributed by atoms with E-state index in [0.717, 1.165) is 17.8 Å². The lowest BCUT2D eigenvalue weighted by molar-refractivity contribution is -0.122. The zero-order chi connectivity index (χ0) is 11.5. The molecule has 1 amide bonds. The Morgan fingerprint density at radius 2 is 2.38 bits per heavy atom. The second-order valence-electron chi connectivity index (χ2n) is 3.96. The van der Waals surface area contributed by atoms with Gasteiger partial charge in [0.25, 0.3) is 0 Å². The summed E-state index contributed by atoms with van der Waals surface area (Å²) in [4.78, 5) is 13.4. The highest BCUT2D eigenvalue weighted by molar-refractivity contribution is 7.15. The van der Waals surface area contributed by atoms with Gasteiger partial charge in [0, 0.05) is 6.04 Å². The van der Waals surface area contributed by atoms with Crippen molar-refractivity contribution in [2.45, 2.75) is 25.4 Å². The summed E-state index contributed by atoms with van der Waals surface area (Å²) in [5.41, 5.74) is 0. The molecule has 0 unspecified atom stereocenters. The summed E-state index contributed by atoms with van der Waals surface area (Å²) >= 11 is 7.01. The van der Waals surface area contributed by atoms with Crippen molar-refractivity contribution in [2.24, 2.45) is 0 Å². The van der Waals surface area contributed by atoms with E-state index >= 15 is 0 Å². The van der Waals surface area contributed by atoms with Crippen LogP contribution < -0.4 is 5.32 Å². The molecule has 7 heteroatoms. The van der Waals surface area contributed by atoms with Gasteiger partial charge in [-0.1, -0.05) is 11.3 Å². The first kappa shape index (κ1) is 11.8. The molecule has 1 aliphatic rings. The van der Waals surface area contributed by atoms with Crippen LogP contribution in [0.2, 0.25) is 4.47 Å². The molecule has 5 nitrogen and oxygen atoms in total. The summed E-state index contributed by atoms with van der Waals surface area (Å²) in [6.45, 7) is 0.982. The van der Waals surface area contributed by atoms with Gasteiger partial charge in [-0.15, -0.1) is 10.2 Å². The molecule has 0 saturated heterocycles. The van der Waals surface area contributed by atoms with Crippen LogP contribution in [0, 0.1) is 0 Å². The Kier molecular flexibility index (Phi) is 3.73. The van der Waals surface area contributed by atoms with Crippen LogP contribution in [-0.2, 0) is 11.3 Å². The molecule has 2 rings (SSSR count). The van der Waals surface area contributed by atoms with Crippen LogP contribution in [0.15, 0.2) is 0 Å². The van der Waals surface area contributed by atoms with Gasteiger partial charge in [-0.3, -0.25) is 9.69 Å². The van der Waals surface area contributed by atoms with Gasteiger partial charge >= 0.3 is 0 Å². The molecular formula is C9H13ClN4OS. The van der Waals surface area contributed by atoms with E-state index in [1.165, 1.54) is 11.3 Å². The maximum absolute atomic E-state index is 11.5. The van der Waals surface area contributed by atoms with Crippen LogP contribution in [0.3, 0.4) is 0 Å². The Labute approximate surface area is 103 Å². The number of likely N-dealkylation sites (N-methyl/N-ethyl adjacent to an activating group) is 1. The molecule has 1 fully saturated rings. The lowest BCUT2D eigenvalue weighted by atomic mass is 10.5. The molecule has 88 valence electrons. The Bertz CT molecular complexity index is 379. The number of carbonyl (C=O) groups is 1. The van der Waals surface area contributed by atoms with Crippen LogP contribution in [0.1, 0.15) is 17.8 Å². The number of amides is 1. The summed E-state index contributed by atoms with van der Waals surface area (Å²) in [6, 6.07) is 0.414. The van der Waals surface area contributed by atoms with E-state index in [4.69, 9.17) is 11.6 Å². The molecule has 1 N–H and O–H groups in total. The molecule has 16 heavy (non-hydrogen) atoms. The normalized spacial score (nSPS) is 15.4. The number of nitrogens with one attached hydrogen (secondary N) is 1. The SMILES string of the molecule is CN(CC(=O)NC1CC1)Cc1nnc(Cl)s1. The Morgan fingerprint density at radius 3 is 2.94 bits per heavy atom. The van der Waals surface area contributed by atoms with Gasteiger partial charge in [-0.2, -0.15) is 0 Å². The van der Waals surface area contributed by atoms with Crippen molar-refractivity contribution in [1.29, 1.82) is 0 Å². The van der Waals surface area contributed by atoms with Gasteiger partial charge in [0.15, 0.2) is 0 Å². The zero-order valence-electron chi connectivity index (χ0n) is 8.94. The van der Waals surface area contributed by atoms with Crippen LogP contribution in [0.4, 0.5) is 0 Å². The van der Waals surface area contributed by atoms with Gasteiger partial charge < -0.3 is 5.32 Å². The fourth-order valence-electron chi connectivity index (χ4n) is 1.33. The largest absolute Gasteiger partial charge is 0.352 e. The van der Waals surface area contributed by atoms with Gasteiger partial charge in [-0.25, -0.2) is 0 Å². The average Bonchev–Trinajstić information content (AvgIpc) is 2.89. The van der Waals surface area contributed by atoms with Crippen molar-refractivity contribution in [3.8, 4) is 0 Å². The summed E-state index contributed by atoms with van der Waals surface area (Å²) in [5, 5.41) is 11.4. The molecule has 0 atom stereocenters. The summed E-state index contributed by atoms with van der Waals surface area (Å²) < 4.78 is 0.436. The van der Waals surface area contributed by atoms with Gasteiger partial charge in [0.2, 0.25) is 10.4 Å². The first-order valence-electron chi connectivity index (χ1n) is 5.09. The van der Waals surface area contributed by atoms with E-state index in [1.54, 1.807) is 0 Å². The van der Waals surface area contributed by atoms with Crippen molar-refractivity contribution in [3.05, 3.63) is 9.47 Å². The molecule has 1 aromatic heterocycles. The Hall–Kier alpha value is -0.720. The topological polar surface area (TPSA) is 58.1 Å². The third-order valence-corrected chi connectivity index (χ3v) is 3.21. The van der Waals surface area contributed by atoms with Crippen LogP contribution in [0.25, 0.3) is 0 Å². The fraction of sp³-hybridized carbons (Fsp3) is 0.667. The van der Waals surface area contributed by atoms with Crippen molar-refractivity contribution in [2.75, 3.05) is 13.6 Å². The van der Waals surface area contributed by atoms with E-state index in [-0.39, 0.29) is 5.91 Å². The first-order valence-corrected chi connectivity index (χ1v) is 6.28. The predicted octanol–water partition coefficient (Wildman–Crippen LogP) is 0.902. The third kappa shape index (κ3) is 3.70. The number of rotatable bonds is 5. The number of hydrogen-bond acceptors (Lipinski definition) is 5. The van der Waals surface area contributed by atoms with Crippen molar-refractivity contribution < 1.29 is 4.79 Å². The van der Waals surface area contributed by atoms with E-state index in [2.05, 4.69) is 15.5 Å². The van der Waals surface area contributed by atoms with E-state index in [1.807, 2.05) is 11.9 Å². The molecule has 0 radical (unpaired) electrons. The quantitative estimate of drug-likeness (QED) is 0.855. The van der Waals surface area contributed by atoms with E-state index < -0.39 is 0 Å². The van der Waals surface area contributed by atoms with Crippen molar-refractivity contribution >= 4 is 28.8 Å². The number of carbonyl (C=O) groups excluding carboxylic acids is 1. The second-order valence-corrected chi connectivity index (χ2v) is 5.61. The molecule has 1 aromatic rings. The average molecular weight is 261 g/mol. The number of hydrogen-bond donors (Lipinski definition) is 1. The minimum Gasteiger partial charge on any atom is -0.352 e. The Balaban J connectivity index is 1.74. The Morgan fingerprint density at radius 1 is 1.62 bits per heavy atom. The van der Waals surface area contributed by atoms with Gasteiger partial charge in [0.05, 0.1) is 13.1 Å². The molecule has 1 aliphatic carbocycles. The number of halogens is 1. The highest BCUT2D eigenvalue weighted by Gasteiger charge is 2.23. The van der Waals surface area contributed by atoms with E-state index in [9.17, 15) is 4.79 Å². The lowest BCUT2D eigenvalue weighted by Crippen LogP contribution is -2.35. The van der Waals surface area contributed by atoms with Gasteiger partial charge in [-0.05, 0) is 31.5 Å². The summed E-state index contributed by atoms with van der Waals surface area (Å²) in [6.07, 6.45) is 2.23. The smallest absolute Gasteiger partial charge is 0.234 e. The minimum absolute atomic E-state index is 0.0700. The van der Waals surface area contributed by atoms with Crippen LogP contribution in [-0.4, -0.2) is 40.6 Å².